The van der Waals surface area contributed by atoms with E-state index in [4.69, 9.17) is 0 Å². The lowest BCUT2D eigenvalue weighted by molar-refractivity contribution is 0.509. The van der Waals surface area contributed by atoms with Gasteiger partial charge in [0.15, 0.2) is 17.5 Å². The van der Waals surface area contributed by atoms with Gasteiger partial charge >= 0.3 is 0 Å². The first-order valence-electron chi connectivity index (χ1n) is 5.97. The minimum Gasteiger partial charge on any atom is -0.237 e. The minimum atomic E-state index is -0.875. The van der Waals surface area contributed by atoms with Gasteiger partial charge in [0, 0.05) is 18.0 Å². The molecule has 0 radical (unpaired) electrons. The normalized spacial score (nSPS) is 11.3. The van der Waals surface area contributed by atoms with Crippen molar-refractivity contribution in [3.8, 4) is 11.4 Å². The molecule has 0 unspecified atom stereocenters. The molecule has 0 aliphatic heterocycles. The maximum atomic E-state index is 13.1. The van der Waals surface area contributed by atoms with Gasteiger partial charge in [0.1, 0.15) is 0 Å². The molecule has 1 aromatic carbocycles. The molecule has 0 amide bonds. The molecule has 1 heterocycles. The Kier molecular flexibility index (Phi) is 4.14. The number of nitrogens with zero attached hydrogens (tertiary/aromatic N) is 2. The van der Waals surface area contributed by atoms with E-state index in [1.54, 1.807) is 12.4 Å². The molecule has 0 saturated carbocycles. The molecule has 0 saturated heterocycles. The third kappa shape index (κ3) is 2.98. The van der Waals surface area contributed by atoms with Crippen LogP contribution in [-0.4, -0.2) is 19.5 Å². The largest absolute Gasteiger partial charge is 0.237 e. The van der Waals surface area contributed by atoms with Crippen molar-refractivity contribution in [2.45, 2.75) is 19.4 Å². The van der Waals surface area contributed by atoms with Crippen LogP contribution in [0.5, 0.6) is 0 Å². The fraction of sp³-hybridized carbons (Fsp3) is 0.231. The van der Waals surface area contributed by atoms with E-state index < -0.39 is 11.6 Å². The third-order valence-corrected chi connectivity index (χ3v) is 4.71. The Morgan fingerprint density at radius 2 is 1.83 bits per heavy atom. The fourth-order valence-corrected chi connectivity index (χ4v) is 2.85. The number of benzene rings is 1. The van der Waals surface area contributed by atoms with Crippen LogP contribution in [0.2, 0.25) is 6.04 Å². The molecule has 0 fully saturated rings. The van der Waals surface area contributed by atoms with E-state index in [9.17, 15) is 8.78 Å². The first-order chi connectivity index (χ1) is 8.70. The van der Waals surface area contributed by atoms with Crippen LogP contribution >= 0.6 is 0 Å². The van der Waals surface area contributed by atoms with Gasteiger partial charge in [0.2, 0.25) is 0 Å². The molecule has 0 N–H and O–H groups in total. The standard InChI is InChI=1S/C13H14F2N2Si/c1-2-5-18-10-7-16-13(17-8-10)9-3-4-11(14)12(15)6-9/h3-4,6-8H,2,5,18H2,1H3. The summed E-state index contributed by atoms with van der Waals surface area (Å²) in [4.78, 5) is 8.41. The van der Waals surface area contributed by atoms with Crippen LogP contribution in [0.3, 0.4) is 0 Å². The minimum absolute atomic E-state index is 0.281. The quantitative estimate of drug-likeness (QED) is 0.790. The molecule has 5 heteroatoms. The Balaban J connectivity index is 2.20. The van der Waals surface area contributed by atoms with Gasteiger partial charge in [-0.3, -0.25) is 0 Å². The molecule has 2 aromatic rings. The van der Waals surface area contributed by atoms with Crippen molar-refractivity contribution in [2.75, 3.05) is 0 Å². The van der Waals surface area contributed by atoms with Crippen LogP contribution in [0.4, 0.5) is 8.78 Å². The molecule has 18 heavy (non-hydrogen) atoms. The molecule has 2 rings (SSSR count). The van der Waals surface area contributed by atoms with E-state index in [1.165, 1.54) is 23.7 Å². The van der Waals surface area contributed by atoms with Crippen molar-refractivity contribution in [1.82, 2.24) is 9.97 Å². The monoisotopic (exact) mass is 264 g/mol. The van der Waals surface area contributed by atoms with E-state index in [-0.39, 0.29) is 9.52 Å². The Hall–Kier alpha value is -1.62. The van der Waals surface area contributed by atoms with Crippen molar-refractivity contribution in [3.05, 3.63) is 42.2 Å². The summed E-state index contributed by atoms with van der Waals surface area (Å²) in [5, 5.41) is 1.20. The molecule has 2 nitrogen and oxygen atoms in total. The zero-order chi connectivity index (χ0) is 13.0. The average Bonchev–Trinajstić information content (AvgIpc) is 2.40. The van der Waals surface area contributed by atoms with Crippen LogP contribution in [-0.2, 0) is 0 Å². The molecule has 94 valence electrons. The van der Waals surface area contributed by atoms with Crippen LogP contribution in [0.25, 0.3) is 11.4 Å². The number of hydrogen-bond acceptors (Lipinski definition) is 2. The van der Waals surface area contributed by atoms with Crippen molar-refractivity contribution < 1.29 is 8.78 Å². The first kappa shape index (κ1) is 12.8. The first-order valence-corrected chi connectivity index (χ1v) is 7.67. The van der Waals surface area contributed by atoms with Gasteiger partial charge < -0.3 is 0 Å². The van der Waals surface area contributed by atoms with Gasteiger partial charge in [0.25, 0.3) is 0 Å². The number of halogens is 2. The summed E-state index contributed by atoms with van der Waals surface area (Å²) in [5.74, 6) is -1.30. The summed E-state index contributed by atoms with van der Waals surface area (Å²) < 4.78 is 25.9. The summed E-state index contributed by atoms with van der Waals surface area (Å²) in [6.07, 6.45) is 4.77. The van der Waals surface area contributed by atoms with Gasteiger partial charge in [-0.2, -0.15) is 0 Å². The molecule has 0 spiro atoms. The summed E-state index contributed by atoms with van der Waals surface area (Å²) in [6.45, 7) is 2.16. The van der Waals surface area contributed by atoms with Crippen LogP contribution in [0.15, 0.2) is 30.6 Å². The topological polar surface area (TPSA) is 25.8 Å². The van der Waals surface area contributed by atoms with Crippen LogP contribution in [0.1, 0.15) is 13.3 Å². The Bertz CT molecular complexity index is 529. The van der Waals surface area contributed by atoms with Crippen molar-refractivity contribution in [2.24, 2.45) is 0 Å². The van der Waals surface area contributed by atoms with E-state index in [0.717, 1.165) is 12.1 Å². The predicted molar refractivity (Wildman–Crippen MR) is 70.7 cm³/mol. The molecule has 0 aliphatic rings. The highest BCUT2D eigenvalue weighted by Crippen LogP contribution is 2.16. The Morgan fingerprint density at radius 1 is 1.11 bits per heavy atom. The lowest BCUT2D eigenvalue weighted by Gasteiger charge is -2.02. The molecule has 0 bridgehead atoms. The summed E-state index contributed by atoms with van der Waals surface area (Å²) >= 11 is 0. The summed E-state index contributed by atoms with van der Waals surface area (Å²) in [7, 11) is -0.281. The van der Waals surface area contributed by atoms with Gasteiger partial charge in [-0.05, 0) is 23.4 Å². The van der Waals surface area contributed by atoms with Gasteiger partial charge in [0.05, 0.1) is 9.52 Å². The van der Waals surface area contributed by atoms with E-state index in [2.05, 4.69) is 16.9 Å². The zero-order valence-corrected chi connectivity index (χ0v) is 11.6. The van der Waals surface area contributed by atoms with E-state index in [0.29, 0.717) is 11.4 Å². The SMILES string of the molecule is CCC[SiH2]c1cnc(-c2ccc(F)c(F)c2)nc1. The van der Waals surface area contributed by atoms with Crippen LogP contribution in [0, 0.1) is 11.6 Å². The second-order valence-electron chi connectivity index (χ2n) is 4.15. The average molecular weight is 264 g/mol. The lowest BCUT2D eigenvalue weighted by atomic mass is 10.2. The number of aromatic nitrogens is 2. The molecular formula is C13H14F2N2Si. The molecule has 0 aliphatic carbocycles. The van der Waals surface area contributed by atoms with E-state index >= 15 is 0 Å². The predicted octanol–water partition coefficient (Wildman–Crippen LogP) is 2.04. The fourth-order valence-electron chi connectivity index (χ4n) is 1.65. The smallest absolute Gasteiger partial charge is 0.159 e. The third-order valence-electron chi connectivity index (χ3n) is 2.70. The Labute approximate surface area is 107 Å². The van der Waals surface area contributed by atoms with Crippen molar-refractivity contribution in [1.29, 1.82) is 0 Å². The van der Waals surface area contributed by atoms with Crippen molar-refractivity contribution >= 4 is 14.7 Å². The summed E-state index contributed by atoms with van der Waals surface area (Å²) in [5.41, 5.74) is 0.498. The summed E-state index contributed by atoms with van der Waals surface area (Å²) in [6, 6.07) is 4.92. The molecular weight excluding hydrogens is 250 g/mol. The second-order valence-corrected chi connectivity index (χ2v) is 6.17. The van der Waals surface area contributed by atoms with Gasteiger partial charge in [-0.25, -0.2) is 18.7 Å². The van der Waals surface area contributed by atoms with Crippen LogP contribution < -0.4 is 5.19 Å². The highest BCUT2D eigenvalue weighted by atomic mass is 28.2. The van der Waals surface area contributed by atoms with E-state index in [1.807, 2.05) is 0 Å². The zero-order valence-electron chi connectivity index (χ0n) is 10.2. The van der Waals surface area contributed by atoms with Crippen molar-refractivity contribution in [3.63, 3.8) is 0 Å². The maximum Gasteiger partial charge on any atom is 0.159 e. The number of rotatable bonds is 4. The van der Waals surface area contributed by atoms with Gasteiger partial charge in [-0.1, -0.05) is 19.4 Å². The molecule has 0 atom stereocenters. The Morgan fingerprint density at radius 3 is 2.44 bits per heavy atom. The maximum absolute atomic E-state index is 13.1. The second kappa shape index (κ2) is 5.82. The highest BCUT2D eigenvalue weighted by molar-refractivity contribution is 6.53. The number of hydrogen-bond donors (Lipinski definition) is 0. The highest BCUT2D eigenvalue weighted by Gasteiger charge is 2.06. The lowest BCUT2D eigenvalue weighted by Crippen LogP contribution is -2.15. The molecule has 1 aromatic heterocycles. The van der Waals surface area contributed by atoms with Gasteiger partial charge in [-0.15, -0.1) is 0 Å².